The van der Waals surface area contributed by atoms with Crippen LogP contribution in [0, 0.1) is 11.6 Å². The van der Waals surface area contributed by atoms with Crippen molar-refractivity contribution in [3.05, 3.63) is 35.4 Å². The van der Waals surface area contributed by atoms with Gasteiger partial charge in [-0.1, -0.05) is 18.9 Å². The quantitative estimate of drug-likeness (QED) is 0.433. The smallest absolute Gasteiger partial charge is 0.191 e. The average molecular weight is 439 g/mol. The first kappa shape index (κ1) is 20.1. The van der Waals surface area contributed by atoms with Crippen LogP contribution < -0.4 is 5.73 Å². The van der Waals surface area contributed by atoms with E-state index in [1.54, 1.807) is 0 Å². The molecular formula is C16H24F2IN3O. The molecule has 2 rings (SSSR count). The second-order valence-electron chi connectivity index (χ2n) is 5.97. The number of hydrogen-bond donors (Lipinski definition) is 2. The Morgan fingerprint density at radius 3 is 2.43 bits per heavy atom. The molecular weight excluding hydrogens is 415 g/mol. The van der Waals surface area contributed by atoms with Crippen LogP contribution in [0.3, 0.4) is 0 Å². The van der Waals surface area contributed by atoms with E-state index in [4.69, 9.17) is 5.73 Å². The summed E-state index contributed by atoms with van der Waals surface area (Å²) < 4.78 is 26.7. The zero-order valence-corrected chi connectivity index (χ0v) is 15.6. The Hall–Kier alpha value is -0.960. The predicted octanol–water partition coefficient (Wildman–Crippen LogP) is 2.98. The molecule has 4 nitrogen and oxygen atoms in total. The summed E-state index contributed by atoms with van der Waals surface area (Å²) in [6.45, 7) is 3.07. The van der Waals surface area contributed by atoms with Gasteiger partial charge in [0.1, 0.15) is 17.2 Å². The van der Waals surface area contributed by atoms with Gasteiger partial charge in [0, 0.05) is 24.7 Å². The lowest BCUT2D eigenvalue weighted by atomic mass is 9.95. The molecule has 23 heavy (non-hydrogen) atoms. The summed E-state index contributed by atoms with van der Waals surface area (Å²) >= 11 is 0. The Labute approximate surface area is 152 Å². The summed E-state index contributed by atoms with van der Waals surface area (Å²) in [5.41, 5.74) is 4.46. The molecule has 0 spiro atoms. The Morgan fingerprint density at radius 2 is 1.87 bits per heavy atom. The van der Waals surface area contributed by atoms with Gasteiger partial charge >= 0.3 is 0 Å². The molecule has 7 heteroatoms. The maximum Gasteiger partial charge on any atom is 0.191 e. The molecule has 0 aliphatic carbocycles. The number of rotatable bonds is 3. The van der Waals surface area contributed by atoms with Gasteiger partial charge in [-0.25, -0.2) is 13.8 Å². The van der Waals surface area contributed by atoms with Crippen molar-refractivity contribution in [3.63, 3.8) is 0 Å². The van der Waals surface area contributed by atoms with E-state index < -0.39 is 17.2 Å². The lowest BCUT2D eigenvalue weighted by Gasteiger charge is -2.25. The van der Waals surface area contributed by atoms with E-state index in [1.807, 2.05) is 4.90 Å². The van der Waals surface area contributed by atoms with Crippen molar-refractivity contribution in [3.8, 4) is 0 Å². The zero-order chi connectivity index (χ0) is 16.2. The molecule has 1 aliphatic rings. The van der Waals surface area contributed by atoms with E-state index in [-0.39, 0.29) is 36.1 Å². The second kappa shape index (κ2) is 8.77. The summed E-state index contributed by atoms with van der Waals surface area (Å²) in [7, 11) is 0. The first-order chi connectivity index (χ1) is 10.4. The fourth-order valence-corrected chi connectivity index (χ4v) is 2.65. The van der Waals surface area contributed by atoms with E-state index in [0.29, 0.717) is 5.96 Å². The van der Waals surface area contributed by atoms with E-state index in [0.717, 1.165) is 38.1 Å². The molecule has 3 N–H and O–H groups in total. The Balaban J connectivity index is 0.00000264. The lowest BCUT2D eigenvalue weighted by Crippen LogP contribution is -2.39. The summed E-state index contributed by atoms with van der Waals surface area (Å²) in [6, 6.07) is 3.11. The van der Waals surface area contributed by atoms with Crippen molar-refractivity contribution in [2.45, 2.75) is 38.2 Å². The Bertz CT molecular complexity index is 544. The molecule has 0 aromatic heterocycles. The third kappa shape index (κ3) is 5.56. The molecule has 0 saturated carbocycles. The van der Waals surface area contributed by atoms with Crippen LogP contribution in [0.2, 0.25) is 0 Å². The summed E-state index contributed by atoms with van der Waals surface area (Å²) in [5.74, 6) is -1.09. The van der Waals surface area contributed by atoms with Gasteiger partial charge < -0.3 is 15.7 Å². The third-order valence-corrected chi connectivity index (χ3v) is 3.99. The Kier molecular flexibility index (Phi) is 7.66. The minimum absolute atomic E-state index is 0. The Morgan fingerprint density at radius 1 is 1.26 bits per heavy atom. The number of nitrogens with two attached hydrogens (primary N) is 1. The van der Waals surface area contributed by atoms with Crippen molar-refractivity contribution in [1.29, 1.82) is 0 Å². The molecule has 0 bridgehead atoms. The van der Waals surface area contributed by atoms with Crippen molar-refractivity contribution >= 4 is 29.9 Å². The minimum Gasteiger partial charge on any atom is -0.383 e. The van der Waals surface area contributed by atoms with Crippen molar-refractivity contribution in [1.82, 2.24) is 4.90 Å². The number of benzene rings is 1. The van der Waals surface area contributed by atoms with Crippen LogP contribution in [0.15, 0.2) is 23.2 Å². The SMILES string of the molecule is CC(O)(CN=C(N)N1CCCCCC1)c1ccc(F)cc1F.I. The molecule has 1 aliphatic heterocycles. The highest BCUT2D eigenvalue weighted by atomic mass is 127. The normalized spacial score (nSPS) is 18.8. The molecule has 1 saturated heterocycles. The highest BCUT2D eigenvalue weighted by Gasteiger charge is 2.27. The van der Waals surface area contributed by atoms with Crippen molar-refractivity contribution in [2.75, 3.05) is 19.6 Å². The van der Waals surface area contributed by atoms with E-state index in [2.05, 4.69) is 4.99 Å². The van der Waals surface area contributed by atoms with E-state index in [1.165, 1.54) is 25.8 Å². The van der Waals surface area contributed by atoms with Gasteiger partial charge in [0.25, 0.3) is 0 Å². The molecule has 1 atom stereocenters. The molecule has 1 heterocycles. The molecule has 1 aromatic rings. The van der Waals surface area contributed by atoms with Gasteiger partial charge in [-0.05, 0) is 25.8 Å². The number of halogens is 3. The molecule has 1 fully saturated rings. The van der Waals surface area contributed by atoms with E-state index >= 15 is 0 Å². The maximum atomic E-state index is 13.8. The minimum atomic E-state index is -1.53. The fourth-order valence-electron chi connectivity index (χ4n) is 2.65. The fraction of sp³-hybridized carbons (Fsp3) is 0.562. The number of aliphatic imine (C=N–C) groups is 1. The third-order valence-electron chi connectivity index (χ3n) is 3.99. The number of aliphatic hydroxyl groups is 1. The molecule has 1 unspecified atom stereocenters. The van der Waals surface area contributed by atoms with Gasteiger partial charge in [-0.3, -0.25) is 0 Å². The topological polar surface area (TPSA) is 61.9 Å². The van der Waals surface area contributed by atoms with Crippen molar-refractivity contribution < 1.29 is 13.9 Å². The van der Waals surface area contributed by atoms with Gasteiger partial charge in [0.15, 0.2) is 5.96 Å². The van der Waals surface area contributed by atoms with Crippen molar-refractivity contribution in [2.24, 2.45) is 10.7 Å². The molecule has 1 aromatic carbocycles. The highest BCUT2D eigenvalue weighted by molar-refractivity contribution is 14.0. The molecule has 130 valence electrons. The first-order valence-corrected chi connectivity index (χ1v) is 7.63. The van der Waals surface area contributed by atoms with Crippen LogP contribution in [0.25, 0.3) is 0 Å². The summed E-state index contributed by atoms with van der Waals surface area (Å²) in [5, 5.41) is 10.4. The average Bonchev–Trinajstić information content (AvgIpc) is 2.73. The van der Waals surface area contributed by atoms with E-state index in [9.17, 15) is 13.9 Å². The van der Waals surface area contributed by atoms with Crippen LogP contribution in [0.5, 0.6) is 0 Å². The maximum absolute atomic E-state index is 13.8. The second-order valence-corrected chi connectivity index (χ2v) is 5.97. The summed E-state index contributed by atoms with van der Waals surface area (Å²) in [4.78, 5) is 6.20. The van der Waals surface area contributed by atoms with Gasteiger partial charge in [-0.2, -0.15) is 0 Å². The summed E-state index contributed by atoms with van der Waals surface area (Å²) in [6.07, 6.45) is 4.50. The zero-order valence-electron chi connectivity index (χ0n) is 13.3. The largest absolute Gasteiger partial charge is 0.383 e. The van der Waals surface area contributed by atoms with Gasteiger partial charge in [-0.15, -0.1) is 24.0 Å². The predicted molar refractivity (Wildman–Crippen MR) is 97.9 cm³/mol. The van der Waals surface area contributed by atoms with Gasteiger partial charge in [0.2, 0.25) is 0 Å². The molecule has 0 radical (unpaired) electrons. The van der Waals surface area contributed by atoms with Crippen LogP contribution in [0.1, 0.15) is 38.2 Å². The van der Waals surface area contributed by atoms with Crippen LogP contribution >= 0.6 is 24.0 Å². The van der Waals surface area contributed by atoms with Crippen LogP contribution in [0.4, 0.5) is 8.78 Å². The standard InChI is InChI=1S/C16H23F2N3O.HI/c1-16(22,13-7-6-12(17)10-14(13)18)11-20-15(19)21-8-4-2-3-5-9-21;/h6-7,10,22H,2-5,8-9,11H2,1H3,(H2,19,20);1H. The lowest BCUT2D eigenvalue weighted by molar-refractivity contribution is 0.0630. The van der Waals surface area contributed by atoms with Gasteiger partial charge in [0.05, 0.1) is 6.54 Å². The monoisotopic (exact) mass is 439 g/mol. The number of hydrogen-bond acceptors (Lipinski definition) is 2. The number of nitrogens with zero attached hydrogens (tertiary/aromatic N) is 2. The molecule has 0 amide bonds. The number of likely N-dealkylation sites (tertiary alicyclic amines) is 1. The first-order valence-electron chi connectivity index (χ1n) is 7.63. The highest BCUT2D eigenvalue weighted by Crippen LogP contribution is 2.24. The number of guanidine groups is 1. The van der Waals surface area contributed by atoms with Crippen LogP contribution in [-0.2, 0) is 5.60 Å². The van der Waals surface area contributed by atoms with Crippen LogP contribution in [-0.4, -0.2) is 35.6 Å².